The molecule has 0 aromatic heterocycles. The Bertz CT molecular complexity index is 267. The van der Waals surface area contributed by atoms with Gasteiger partial charge in [0.15, 0.2) is 5.79 Å². The highest BCUT2D eigenvalue weighted by Gasteiger charge is 2.20. The van der Waals surface area contributed by atoms with Gasteiger partial charge in [0, 0.05) is 7.11 Å². The van der Waals surface area contributed by atoms with E-state index in [9.17, 15) is 0 Å². The second-order valence-corrected chi connectivity index (χ2v) is 3.62. The smallest absolute Gasteiger partial charge is 0.163 e. The zero-order valence-corrected chi connectivity index (χ0v) is 8.99. The fourth-order valence-corrected chi connectivity index (χ4v) is 1.13. The molecule has 2 nitrogen and oxygen atoms in total. The van der Waals surface area contributed by atoms with Crippen molar-refractivity contribution in [3.8, 4) is 0 Å². The summed E-state index contributed by atoms with van der Waals surface area (Å²) in [6, 6.07) is 9.89. The molecule has 0 amide bonds. The quantitative estimate of drug-likeness (QED) is 0.684. The maximum Gasteiger partial charge on any atom is 0.163 e. The van der Waals surface area contributed by atoms with Gasteiger partial charge in [0.05, 0.1) is 6.10 Å². The molecule has 1 unspecified atom stereocenters. The van der Waals surface area contributed by atoms with Crippen LogP contribution < -0.4 is 0 Å². The summed E-state index contributed by atoms with van der Waals surface area (Å²) in [6.07, 6.45) is -0.203. The van der Waals surface area contributed by atoms with Crippen molar-refractivity contribution in [1.82, 2.24) is 0 Å². The summed E-state index contributed by atoms with van der Waals surface area (Å²) in [4.78, 5) is 0. The molecule has 77 valence electrons. The van der Waals surface area contributed by atoms with Gasteiger partial charge in [-0.2, -0.15) is 0 Å². The largest absolute Gasteiger partial charge is 0.354 e. The Morgan fingerprint density at radius 3 is 2.29 bits per heavy atom. The molecule has 1 rings (SSSR count). The van der Waals surface area contributed by atoms with E-state index in [-0.39, 0.29) is 6.10 Å². The van der Waals surface area contributed by atoms with E-state index in [0.717, 1.165) is 5.56 Å². The monoisotopic (exact) mass is 193 g/mol. The molecule has 0 heterocycles. The van der Waals surface area contributed by atoms with Crippen LogP contribution in [0.2, 0.25) is 0 Å². The number of hydrogen-bond acceptors (Lipinski definition) is 2. The van der Waals surface area contributed by atoms with Crippen molar-refractivity contribution in [2.75, 3.05) is 7.11 Å². The zero-order valence-electron chi connectivity index (χ0n) is 8.99. The predicted octanol–water partition coefficient (Wildman–Crippen LogP) is 2.96. The molecule has 0 aliphatic heterocycles. The van der Waals surface area contributed by atoms with Gasteiger partial charge in [0.2, 0.25) is 0 Å². The summed E-state index contributed by atoms with van der Waals surface area (Å²) in [6.45, 7) is 7.68. The Kier molecular flexibility index (Phi) is 3.67. The molecule has 0 fully saturated rings. The fourth-order valence-electron chi connectivity index (χ4n) is 1.13. The second kappa shape index (κ2) is 4.58. The van der Waals surface area contributed by atoms with E-state index in [0.29, 0.717) is 0 Å². The van der Waals surface area contributed by atoms with Crippen LogP contribution in [0.1, 0.15) is 25.5 Å². The minimum Gasteiger partial charge on any atom is -0.354 e. The lowest BCUT2D eigenvalue weighted by Gasteiger charge is -2.27. The Morgan fingerprint density at radius 1 is 1.21 bits per heavy atom. The first kappa shape index (κ1) is 11.2. The Labute approximate surface area is 85.8 Å². The first-order valence-electron chi connectivity index (χ1n) is 4.66. The highest BCUT2D eigenvalue weighted by Crippen LogP contribution is 2.23. The maximum atomic E-state index is 5.64. The molecule has 1 aromatic rings. The Hall–Kier alpha value is -0.860. The Balaban J connectivity index is 2.64. The average molecular weight is 193 g/mol. The molecule has 14 heavy (non-hydrogen) atoms. The van der Waals surface area contributed by atoms with Crippen LogP contribution in [0, 0.1) is 6.92 Å². The highest BCUT2D eigenvalue weighted by atomic mass is 16.7. The van der Waals surface area contributed by atoms with Crippen molar-refractivity contribution in [3.05, 3.63) is 42.8 Å². The van der Waals surface area contributed by atoms with E-state index in [4.69, 9.17) is 9.47 Å². The van der Waals surface area contributed by atoms with Crippen LogP contribution >= 0.6 is 0 Å². The van der Waals surface area contributed by atoms with Gasteiger partial charge in [-0.25, -0.2) is 0 Å². The molecule has 1 atom stereocenters. The normalized spacial score (nSPS) is 14.0. The standard InChI is InChI=1S/C12H17O2/c1-10(14-12(2,3)13-4)11-8-6-5-7-9-11/h5-10H,1H2,2-4H3. The van der Waals surface area contributed by atoms with E-state index in [1.165, 1.54) is 0 Å². The van der Waals surface area contributed by atoms with E-state index in [2.05, 4.69) is 6.92 Å². The summed E-state index contributed by atoms with van der Waals surface area (Å²) >= 11 is 0. The van der Waals surface area contributed by atoms with Crippen LogP contribution in [0.25, 0.3) is 0 Å². The third kappa shape index (κ3) is 3.13. The molecular formula is C12H17O2. The van der Waals surface area contributed by atoms with Crippen molar-refractivity contribution < 1.29 is 9.47 Å². The average Bonchev–Trinajstić information content (AvgIpc) is 2.19. The summed E-state index contributed by atoms with van der Waals surface area (Å²) in [5.41, 5.74) is 1.05. The predicted molar refractivity (Wildman–Crippen MR) is 56.7 cm³/mol. The second-order valence-electron chi connectivity index (χ2n) is 3.62. The minimum absolute atomic E-state index is 0.203. The van der Waals surface area contributed by atoms with E-state index >= 15 is 0 Å². The number of ether oxygens (including phenoxy) is 2. The number of methoxy groups -OCH3 is 1. The van der Waals surface area contributed by atoms with Crippen LogP contribution in [0.3, 0.4) is 0 Å². The molecule has 1 radical (unpaired) electrons. The fraction of sp³-hybridized carbons (Fsp3) is 0.417. The molecule has 0 saturated carbocycles. The van der Waals surface area contributed by atoms with Crippen LogP contribution in [0.4, 0.5) is 0 Å². The summed E-state index contributed by atoms with van der Waals surface area (Å²) in [5, 5.41) is 0. The van der Waals surface area contributed by atoms with Gasteiger partial charge >= 0.3 is 0 Å². The molecule has 0 N–H and O–H groups in total. The van der Waals surface area contributed by atoms with Gasteiger partial charge < -0.3 is 9.47 Å². The molecule has 0 spiro atoms. The van der Waals surface area contributed by atoms with E-state index in [1.54, 1.807) is 7.11 Å². The summed E-state index contributed by atoms with van der Waals surface area (Å²) < 4.78 is 10.8. The van der Waals surface area contributed by atoms with Crippen LogP contribution in [0.15, 0.2) is 30.3 Å². The third-order valence-corrected chi connectivity index (χ3v) is 2.09. The van der Waals surface area contributed by atoms with Gasteiger partial charge in [0.1, 0.15) is 0 Å². The number of rotatable bonds is 4. The molecule has 1 aromatic carbocycles. The van der Waals surface area contributed by atoms with Gasteiger partial charge in [-0.1, -0.05) is 30.3 Å². The van der Waals surface area contributed by atoms with Crippen molar-refractivity contribution in [3.63, 3.8) is 0 Å². The highest BCUT2D eigenvalue weighted by molar-refractivity contribution is 5.18. The topological polar surface area (TPSA) is 18.5 Å². The number of benzene rings is 1. The van der Waals surface area contributed by atoms with Crippen LogP contribution in [0.5, 0.6) is 0 Å². The first-order valence-corrected chi connectivity index (χ1v) is 4.66. The third-order valence-electron chi connectivity index (χ3n) is 2.09. The lowest BCUT2D eigenvalue weighted by atomic mass is 10.1. The molecule has 0 aliphatic rings. The molecule has 0 aliphatic carbocycles. The summed E-state index contributed by atoms with van der Waals surface area (Å²) in [7, 11) is 1.62. The number of hydrogen-bond donors (Lipinski definition) is 0. The maximum absolute atomic E-state index is 5.64. The SMILES string of the molecule is [CH2]C(OC(C)(C)OC)c1ccccc1. The van der Waals surface area contributed by atoms with E-state index in [1.807, 2.05) is 44.2 Å². The first-order chi connectivity index (χ1) is 6.55. The van der Waals surface area contributed by atoms with Crippen molar-refractivity contribution in [1.29, 1.82) is 0 Å². The Morgan fingerprint density at radius 2 is 1.79 bits per heavy atom. The van der Waals surface area contributed by atoms with Crippen molar-refractivity contribution >= 4 is 0 Å². The molecule has 0 saturated heterocycles. The van der Waals surface area contributed by atoms with Crippen molar-refractivity contribution in [2.45, 2.75) is 25.7 Å². The van der Waals surface area contributed by atoms with E-state index < -0.39 is 5.79 Å². The van der Waals surface area contributed by atoms with Gasteiger partial charge in [-0.3, -0.25) is 0 Å². The minimum atomic E-state index is -0.595. The molecule has 2 heteroatoms. The summed E-state index contributed by atoms with van der Waals surface area (Å²) in [5.74, 6) is -0.595. The van der Waals surface area contributed by atoms with Crippen LogP contribution in [-0.4, -0.2) is 12.9 Å². The van der Waals surface area contributed by atoms with Crippen LogP contribution in [-0.2, 0) is 9.47 Å². The lowest BCUT2D eigenvalue weighted by molar-refractivity contribution is -0.216. The van der Waals surface area contributed by atoms with Crippen molar-refractivity contribution in [2.24, 2.45) is 0 Å². The van der Waals surface area contributed by atoms with Gasteiger partial charge in [-0.05, 0) is 26.3 Å². The molecular weight excluding hydrogens is 176 g/mol. The van der Waals surface area contributed by atoms with Gasteiger partial charge in [0.25, 0.3) is 0 Å². The lowest BCUT2D eigenvalue weighted by Crippen LogP contribution is -2.28. The van der Waals surface area contributed by atoms with Gasteiger partial charge in [-0.15, -0.1) is 0 Å². The zero-order chi connectivity index (χ0) is 10.6. The molecule has 0 bridgehead atoms.